The number of aromatic amines is 1. The zero-order valence-electron chi connectivity index (χ0n) is 9.43. The van der Waals surface area contributed by atoms with E-state index in [2.05, 4.69) is 30.7 Å². The maximum absolute atomic E-state index is 5.50. The molecule has 1 heterocycles. The molecule has 0 unspecified atom stereocenters. The normalized spacial score (nSPS) is 11.2. The second kappa shape index (κ2) is 5.15. The standard InChI is InChI=1S/C11H21N3/c1-4-9-10(7-8(2)3)14-11(13-9)5-6-12/h8H,4-7,12H2,1-3H3,(H,13,14). The van der Waals surface area contributed by atoms with Crippen LogP contribution < -0.4 is 5.73 Å². The van der Waals surface area contributed by atoms with E-state index in [1.807, 2.05) is 0 Å². The SMILES string of the molecule is CCc1nc(CCN)[nH]c1CC(C)C. The van der Waals surface area contributed by atoms with Crippen LogP contribution in [0.1, 0.15) is 38.0 Å². The van der Waals surface area contributed by atoms with Crippen LogP contribution in [0.15, 0.2) is 0 Å². The minimum atomic E-state index is 0.664. The molecule has 0 fully saturated rings. The van der Waals surface area contributed by atoms with Gasteiger partial charge in [0.1, 0.15) is 5.82 Å². The summed E-state index contributed by atoms with van der Waals surface area (Å²) < 4.78 is 0. The smallest absolute Gasteiger partial charge is 0.107 e. The van der Waals surface area contributed by atoms with Crippen LogP contribution >= 0.6 is 0 Å². The first-order valence-electron chi connectivity index (χ1n) is 5.44. The first-order valence-corrected chi connectivity index (χ1v) is 5.44. The van der Waals surface area contributed by atoms with Crippen molar-refractivity contribution < 1.29 is 0 Å². The van der Waals surface area contributed by atoms with E-state index in [0.29, 0.717) is 12.5 Å². The molecule has 0 aliphatic rings. The Balaban J connectivity index is 2.79. The maximum Gasteiger partial charge on any atom is 0.107 e. The molecule has 0 aromatic carbocycles. The fourth-order valence-corrected chi connectivity index (χ4v) is 1.63. The predicted octanol–water partition coefficient (Wildman–Crippen LogP) is 1.67. The second-order valence-corrected chi connectivity index (χ2v) is 4.10. The van der Waals surface area contributed by atoms with Crippen molar-refractivity contribution in [2.45, 2.75) is 40.0 Å². The van der Waals surface area contributed by atoms with Crippen LogP contribution in [0.5, 0.6) is 0 Å². The maximum atomic E-state index is 5.50. The van der Waals surface area contributed by atoms with Crippen molar-refractivity contribution in [2.24, 2.45) is 11.7 Å². The number of hydrogen-bond acceptors (Lipinski definition) is 2. The van der Waals surface area contributed by atoms with E-state index in [4.69, 9.17) is 5.73 Å². The number of nitrogens with two attached hydrogens (primary N) is 1. The molecule has 0 atom stereocenters. The number of nitrogens with one attached hydrogen (secondary N) is 1. The lowest BCUT2D eigenvalue weighted by Gasteiger charge is -2.03. The summed E-state index contributed by atoms with van der Waals surface area (Å²) >= 11 is 0. The molecule has 1 rings (SSSR count). The quantitative estimate of drug-likeness (QED) is 0.751. The highest BCUT2D eigenvalue weighted by Gasteiger charge is 2.09. The van der Waals surface area contributed by atoms with Gasteiger partial charge in [0.2, 0.25) is 0 Å². The van der Waals surface area contributed by atoms with Gasteiger partial charge in [-0.3, -0.25) is 0 Å². The van der Waals surface area contributed by atoms with E-state index in [0.717, 1.165) is 25.1 Å². The topological polar surface area (TPSA) is 54.7 Å². The fraction of sp³-hybridized carbons (Fsp3) is 0.727. The summed E-state index contributed by atoms with van der Waals surface area (Å²) in [5.74, 6) is 1.71. The van der Waals surface area contributed by atoms with Crippen molar-refractivity contribution in [3.63, 3.8) is 0 Å². The molecule has 0 radical (unpaired) electrons. The predicted molar refractivity (Wildman–Crippen MR) is 59.3 cm³/mol. The van der Waals surface area contributed by atoms with Crippen molar-refractivity contribution in [1.29, 1.82) is 0 Å². The van der Waals surface area contributed by atoms with Gasteiger partial charge in [-0.15, -0.1) is 0 Å². The Bertz CT molecular complexity index is 276. The van der Waals surface area contributed by atoms with Crippen LogP contribution in [-0.2, 0) is 19.3 Å². The van der Waals surface area contributed by atoms with Gasteiger partial charge in [0.15, 0.2) is 0 Å². The molecule has 1 aromatic rings. The zero-order valence-corrected chi connectivity index (χ0v) is 9.43. The molecule has 3 heteroatoms. The van der Waals surface area contributed by atoms with E-state index in [1.165, 1.54) is 11.4 Å². The Hall–Kier alpha value is -0.830. The molecule has 1 aromatic heterocycles. The minimum absolute atomic E-state index is 0.664. The third kappa shape index (κ3) is 2.84. The summed E-state index contributed by atoms with van der Waals surface area (Å²) in [6.07, 6.45) is 2.94. The van der Waals surface area contributed by atoms with Crippen molar-refractivity contribution in [3.05, 3.63) is 17.2 Å². The molecule has 3 nitrogen and oxygen atoms in total. The Morgan fingerprint density at radius 1 is 1.43 bits per heavy atom. The monoisotopic (exact) mass is 195 g/mol. The summed E-state index contributed by atoms with van der Waals surface area (Å²) in [5.41, 5.74) is 8.01. The summed E-state index contributed by atoms with van der Waals surface area (Å²) in [5, 5.41) is 0. The molecule has 3 N–H and O–H groups in total. The fourth-order valence-electron chi connectivity index (χ4n) is 1.63. The van der Waals surface area contributed by atoms with Gasteiger partial charge in [0.05, 0.1) is 5.69 Å². The van der Waals surface area contributed by atoms with Gasteiger partial charge in [-0.25, -0.2) is 4.98 Å². The summed E-state index contributed by atoms with van der Waals surface area (Å²) in [4.78, 5) is 7.91. The molecule has 80 valence electrons. The largest absolute Gasteiger partial charge is 0.346 e. The molecule has 0 bridgehead atoms. The molecule has 0 spiro atoms. The van der Waals surface area contributed by atoms with Crippen molar-refractivity contribution in [2.75, 3.05) is 6.54 Å². The van der Waals surface area contributed by atoms with Gasteiger partial charge in [-0.1, -0.05) is 20.8 Å². The van der Waals surface area contributed by atoms with Crippen LogP contribution in [0, 0.1) is 5.92 Å². The van der Waals surface area contributed by atoms with Crippen molar-refractivity contribution >= 4 is 0 Å². The van der Waals surface area contributed by atoms with E-state index >= 15 is 0 Å². The van der Waals surface area contributed by atoms with Gasteiger partial charge in [0, 0.05) is 12.1 Å². The van der Waals surface area contributed by atoms with Crippen LogP contribution in [0.25, 0.3) is 0 Å². The van der Waals surface area contributed by atoms with Crippen LogP contribution in [0.4, 0.5) is 0 Å². The molecule has 0 amide bonds. The number of H-pyrrole nitrogens is 1. The summed E-state index contributed by atoms with van der Waals surface area (Å²) in [7, 11) is 0. The second-order valence-electron chi connectivity index (χ2n) is 4.10. The number of aromatic nitrogens is 2. The van der Waals surface area contributed by atoms with Crippen molar-refractivity contribution in [3.8, 4) is 0 Å². The van der Waals surface area contributed by atoms with E-state index in [1.54, 1.807) is 0 Å². The number of imidazole rings is 1. The number of hydrogen-bond donors (Lipinski definition) is 2. The van der Waals surface area contributed by atoms with E-state index < -0.39 is 0 Å². The third-order valence-corrected chi connectivity index (χ3v) is 2.24. The summed E-state index contributed by atoms with van der Waals surface area (Å²) in [6, 6.07) is 0. The van der Waals surface area contributed by atoms with Gasteiger partial charge >= 0.3 is 0 Å². The van der Waals surface area contributed by atoms with Gasteiger partial charge < -0.3 is 10.7 Å². The van der Waals surface area contributed by atoms with Crippen molar-refractivity contribution in [1.82, 2.24) is 9.97 Å². The average Bonchev–Trinajstić information content (AvgIpc) is 2.47. The van der Waals surface area contributed by atoms with E-state index in [9.17, 15) is 0 Å². The molecule has 14 heavy (non-hydrogen) atoms. The molecular weight excluding hydrogens is 174 g/mol. The lowest BCUT2D eigenvalue weighted by Crippen LogP contribution is -2.04. The number of rotatable bonds is 5. The minimum Gasteiger partial charge on any atom is -0.346 e. The first-order chi connectivity index (χ1) is 6.67. The lowest BCUT2D eigenvalue weighted by atomic mass is 10.1. The van der Waals surface area contributed by atoms with Crippen LogP contribution in [0.3, 0.4) is 0 Å². The molecule has 0 aliphatic heterocycles. The highest BCUT2D eigenvalue weighted by atomic mass is 14.9. The summed E-state index contributed by atoms with van der Waals surface area (Å²) in [6.45, 7) is 7.26. The highest BCUT2D eigenvalue weighted by Crippen LogP contribution is 2.12. The zero-order chi connectivity index (χ0) is 10.6. The van der Waals surface area contributed by atoms with Gasteiger partial charge in [-0.2, -0.15) is 0 Å². The highest BCUT2D eigenvalue weighted by molar-refractivity contribution is 5.15. The van der Waals surface area contributed by atoms with E-state index in [-0.39, 0.29) is 0 Å². The van der Waals surface area contributed by atoms with Crippen LogP contribution in [-0.4, -0.2) is 16.5 Å². The third-order valence-electron chi connectivity index (χ3n) is 2.24. The molecular formula is C11H21N3. The average molecular weight is 195 g/mol. The Morgan fingerprint density at radius 3 is 2.64 bits per heavy atom. The van der Waals surface area contributed by atoms with Crippen LogP contribution in [0.2, 0.25) is 0 Å². The number of nitrogens with zero attached hydrogens (tertiary/aromatic N) is 1. The Kier molecular flexibility index (Phi) is 4.14. The van der Waals surface area contributed by atoms with Gasteiger partial charge in [-0.05, 0) is 25.3 Å². The molecule has 0 saturated carbocycles. The molecule has 0 aliphatic carbocycles. The Labute approximate surface area is 86.1 Å². The molecule has 0 saturated heterocycles. The Morgan fingerprint density at radius 2 is 2.14 bits per heavy atom. The number of aryl methyl sites for hydroxylation is 1. The van der Waals surface area contributed by atoms with Gasteiger partial charge in [0.25, 0.3) is 0 Å². The lowest BCUT2D eigenvalue weighted by molar-refractivity contribution is 0.632. The first kappa shape index (κ1) is 11.2.